The number of hydrogen-bond acceptors (Lipinski definition) is 4. The second-order valence-corrected chi connectivity index (χ2v) is 7.79. The summed E-state index contributed by atoms with van der Waals surface area (Å²) in [5.41, 5.74) is 7.20. The highest BCUT2D eigenvalue weighted by molar-refractivity contribution is 7.99. The second-order valence-electron chi connectivity index (χ2n) is 6.73. The molecular formula is C22H25N3O2S. The molecule has 0 fully saturated rings. The highest BCUT2D eigenvalue weighted by Gasteiger charge is 2.11. The number of hydrogen-bond donors (Lipinski definition) is 1. The van der Waals surface area contributed by atoms with Gasteiger partial charge in [0, 0.05) is 18.7 Å². The van der Waals surface area contributed by atoms with Crippen molar-refractivity contribution in [2.45, 2.75) is 43.8 Å². The Bertz CT molecular complexity index is 986. The number of nitrogens with two attached hydrogens (primary N) is 1. The molecule has 28 heavy (non-hydrogen) atoms. The number of aryl methyl sites for hydroxylation is 1. The second kappa shape index (κ2) is 10.1. The molecule has 5 nitrogen and oxygen atoms in total. The van der Waals surface area contributed by atoms with Crippen molar-refractivity contribution in [1.29, 1.82) is 0 Å². The zero-order chi connectivity index (χ0) is 19.8. The maximum absolute atomic E-state index is 13.0. The van der Waals surface area contributed by atoms with E-state index in [9.17, 15) is 9.59 Å². The molecule has 1 heterocycles. The molecule has 6 heteroatoms. The van der Waals surface area contributed by atoms with E-state index < -0.39 is 0 Å². The summed E-state index contributed by atoms with van der Waals surface area (Å²) in [5, 5.41) is 1.40. The summed E-state index contributed by atoms with van der Waals surface area (Å²) in [6.45, 7) is 0.600. The number of thioether (sulfide) groups is 1. The molecule has 0 saturated heterocycles. The summed E-state index contributed by atoms with van der Waals surface area (Å²) in [7, 11) is 0. The number of rotatable bonds is 10. The first-order chi connectivity index (χ1) is 13.6. The van der Waals surface area contributed by atoms with Crippen LogP contribution in [0.4, 0.5) is 0 Å². The van der Waals surface area contributed by atoms with Crippen LogP contribution in [0, 0.1) is 0 Å². The zero-order valence-electron chi connectivity index (χ0n) is 15.8. The summed E-state index contributed by atoms with van der Waals surface area (Å²) in [4.78, 5) is 28.6. The first-order valence-corrected chi connectivity index (χ1v) is 10.6. The smallest absolute Gasteiger partial charge is 0.262 e. The Labute approximate surface area is 169 Å². The molecule has 0 bridgehead atoms. The van der Waals surface area contributed by atoms with Crippen LogP contribution < -0.4 is 11.3 Å². The zero-order valence-corrected chi connectivity index (χ0v) is 16.7. The van der Waals surface area contributed by atoms with E-state index in [1.807, 2.05) is 42.5 Å². The predicted molar refractivity (Wildman–Crippen MR) is 115 cm³/mol. The molecule has 0 radical (unpaired) electrons. The summed E-state index contributed by atoms with van der Waals surface area (Å²) >= 11 is 1.62. The van der Waals surface area contributed by atoms with Crippen LogP contribution in [-0.4, -0.2) is 21.2 Å². The Morgan fingerprint density at radius 2 is 1.75 bits per heavy atom. The van der Waals surface area contributed by atoms with Gasteiger partial charge in [0.05, 0.1) is 10.9 Å². The lowest BCUT2D eigenvalue weighted by molar-refractivity contribution is -0.118. The Kier molecular flexibility index (Phi) is 7.25. The van der Waals surface area contributed by atoms with Gasteiger partial charge in [-0.15, -0.1) is 0 Å². The van der Waals surface area contributed by atoms with Gasteiger partial charge in [0.15, 0.2) is 5.16 Å². The van der Waals surface area contributed by atoms with Crippen LogP contribution >= 0.6 is 11.8 Å². The summed E-state index contributed by atoms with van der Waals surface area (Å²) in [6, 6.07) is 17.8. The molecule has 146 valence electrons. The molecule has 1 amide bonds. The molecule has 2 N–H and O–H groups in total. The molecule has 3 aromatic rings. The van der Waals surface area contributed by atoms with Crippen LogP contribution in [0.2, 0.25) is 0 Å². The molecule has 0 aliphatic carbocycles. The van der Waals surface area contributed by atoms with Crippen LogP contribution in [0.5, 0.6) is 0 Å². The van der Waals surface area contributed by atoms with Crippen molar-refractivity contribution < 1.29 is 4.79 Å². The fraction of sp³-hybridized carbons (Fsp3) is 0.318. The third-order valence-corrected chi connectivity index (χ3v) is 5.57. The van der Waals surface area contributed by atoms with Gasteiger partial charge in [-0.05, 0) is 37.0 Å². The SMILES string of the molecule is NC(=O)CCCCCn1c(SCCc2ccccc2)nc2ccccc2c1=O. The molecule has 2 aromatic carbocycles. The lowest BCUT2D eigenvalue weighted by Crippen LogP contribution is -2.23. The van der Waals surface area contributed by atoms with E-state index in [2.05, 4.69) is 12.1 Å². The highest BCUT2D eigenvalue weighted by Crippen LogP contribution is 2.20. The lowest BCUT2D eigenvalue weighted by Gasteiger charge is -2.13. The Morgan fingerprint density at radius 3 is 2.54 bits per heavy atom. The van der Waals surface area contributed by atoms with Crippen LogP contribution in [0.15, 0.2) is 64.5 Å². The van der Waals surface area contributed by atoms with E-state index in [1.54, 1.807) is 16.3 Å². The van der Waals surface area contributed by atoms with Crippen LogP contribution in [0.3, 0.4) is 0 Å². The van der Waals surface area contributed by atoms with E-state index in [0.29, 0.717) is 18.4 Å². The van der Waals surface area contributed by atoms with Gasteiger partial charge in [0.1, 0.15) is 0 Å². The molecule has 0 unspecified atom stereocenters. The topological polar surface area (TPSA) is 78.0 Å². The van der Waals surface area contributed by atoms with Gasteiger partial charge in [-0.1, -0.05) is 60.6 Å². The van der Waals surface area contributed by atoms with Crippen molar-refractivity contribution in [3.05, 3.63) is 70.5 Å². The molecule has 0 saturated carbocycles. The number of nitrogens with zero attached hydrogens (tertiary/aromatic N) is 2. The van der Waals surface area contributed by atoms with Gasteiger partial charge in [-0.2, -0.15) is 0 Å². The fourth-order valence-corrected chi connectivity index (χ4v) is 4.12. The largest absolute Gasteiger partial charge is 0.370 e. The van der Waals surface area contributed by atoms with Gasteiger partial charge < -0.3 is 5.73 Å². The Morgan fingerprint density at radius 1 is 1.00 bits per heavy atom. The third kappa shape index (κ3) is 5.45. The minimum absolute atomic E-state index is 0.00251. The number of primary amides is 1. The normalized spacial score (nSPS) is 11.0. The number of benzene rings is 2. The third-order valence-electron chi connectivity index (χ3n) is 4.60. The van der Waals surface area contributed by atoms with Crippen molar-refractivity contribution in [1.82, 2.24) is 9.55 Å². The summed E-state index contributed by atoms with van der Waals surface area (Å²) in [6.07, 6.45) is 3.74. The number of amides is 1. The van der Waals surface area contributed by atoms with Crippen molar-refractivity contribution in [3.8, 4) is 0 Å². The number of carbonyl (C=O) groups is 1. The first kappa shape index (κ1) is 20.1. The highest BCUT2D eigenvalue weighted by atomic mass is 32.2. The van der Waals surface area contributed by atoms with Gasteiger partial charge in [0.25, 0.3) is 5.56 Å². The molecule has 1 aromatic heterocycles. The van der Waals surface area contributed by atoms with Crippen LogP contribution in [-0.2, 0) is 17.8 Å². The van der Waals surface area contributed by atoms with Gasteiger partial charge in [-0.25, -0.2) is 4.98 Å². The van der Waals surface area contributed by atoms with E-state index in [0.717, 1.165) is 42.1 Å². The molecular weight excluding hydrogens is 370 g/mol. The van der Waals surface area contributed by atoms with Crippen molar-refractivity contribution in [2.24, 2.45) is 5.73 Å². The van der Waals surface area contributed by atoms with Crippen molar-refractivity contribution >= 4 is 28.6 Å². The molecule has 0 atom stereocenters. The first-order valence-electron chi connectivity index (χ1n) is 9.60. The minimum atomic E-state index is -0.276. The number of para-hydroxylation sites is 1. The molecule has 3 rings (SSSR count). The predicted octanol–water partition coefficient (Wildman–Crippen LogP) is 3.78. The molecule has 0 spiro atoms. The average molecular weight is 396 g/mol. The summed E-state index contributed by atoms with van der Waals surface area (Å²) < 4.78 is 1.78. The Balaban J connectivity index is 1.74. The average Bonchev–Trinajstić information content (AvgIpc) is 2.70. The Hall–Kier alpha value is -2.60. The number of aromatic nitrogens is 2. The maximum Gasteiger partial charge on any atom is 0.262 e. The quantitative estimate of drug-likeness (QED) is 0.322. The molecule has 0 aliphatic rings. The van der Waals surface area contributed by atoms with E-state index in [-0.39, 0.29) is 11.5 Å². The van der Waals surface area contributed by atoms with Crippen LogP contribution in [0.1, 0.15) is 31.2 Å². The fourth-order valence-electron chi connectivity index (χ4n) is 3.11. The standard InChI is InChI=1S/C22H25N3O2S/c23-20(26)13-5-2-8-15-25-21(27)18-11-6-7-12-19(18)24-22(25)28-16-14-17-9-3-1-4-10-17/h1,3-4,6-7,9-12H,2,5,8,13-16H2,(H2,23,26). The van der Waals surface area contributed by atoms with Crippen molar-refractivity contribution in [2.75, 3.05) is 5.75 Å². The number of carbonyl (C=O) groups excluding carboxylic acids is 1. The number of unbranched alkanes of at least 4 members (excludes halogenated alkanes) is 2. The molecule has 0 aliphatic heterocycles. The van der Waals surface area contributed by atoms with Gasteiger partial charge >= 0.3 is 0 Å². The van der Waals surface area contributed by atoms with Gasteiger partial charge in [-0.3, -0.25) is 14.2 Å². The van der Waals surface area contributed by atoms with Crippen molar-refractivity contribution in [3.63, 3.8) is 0 Å². The summed E-state index contributed by atoms with van der Waals surface area (Å²) in [5.74, 6) is 0.581. The monoisotopic (exact) mass is 395 g/mol. The van der Waals surface area contributed by atoms with Crippen LogP contribution in [0.25, 0.3) is 10.9 Å². The van der Waals surface area contributed by atoms with E-state index in [1.165, 1.54) is 5.56 Å². The van der Waals surface area contributed by atoms with E-state index in [4.69, 9.17) is 10.7 Å². The van der Waals surface area contributed by atoms with Gasteiger partial charge in [0.2, 0.25) is 5.91 Å². The lowest BCUT2D eigenvalue weighted by atomic mass is 10.2. The van der Waals surface area contributed by atoms with E-state index >= 15 is 0 Å². The number of fused-ring (bicyclic) bond motifs is 1. The maximum atomic E-state index is 13.0. The minimum Gasteiger partial charge on any atom is -0.370 e.